The van der Waals surface area contributed by atoms with Crippen LogP contribution in [0.3, 0.4) is 0 Å². The molecule has 1 heterocycles. The van der Waals surface area contributed by atoms with Crippen LogP contribution in [0, 0.1) is 6.92 Å². The van der Waals surface area contributed by atoms with Crippen molar-refractivity contribution in [3.8, 4) is 0 Å². The second kappa shape index (κ2) is 6.66. The van der Waals surface area contributed by atoms with Gasteiger partial charge in [-0.25, -0.2) is 9.97 Å². The Labute approximate surface area is 126 Å². The standard InChI is InChI=1S/C15H26N4S/c1-4-7-12-18-13(16)11(2)14(19-12)17-10-15(20-3)8-5-6-9-15/h4-10H2,1-3H3,(H3,16,17,18,19). The van der Waals surface area contributed by atoms with Gasteiger partial charge in [-0.2, -0.15) is 11.8 Å². The molecule has 0 radical (unpaired) electrons. The molecule has 1 aromatic heterocycles. The monoisotopic (exact) mass is 294 g/mol. The van der Waals surface area contributed by atoms with Crippen molar-refractivity contribution in [3.63, 3.8) is 0 Å². The molecular weight excluding hydrogens is 268 g/mol. The summed E-state index contributed by atoms with van der Waals surface area (Å²) in [5, 5.41) is 3.53. The Morgan fingerprint density at radius 3 is 2.60 bits per heavy atom. The summed E-state index contributed by atoms with van der Waals surface area (Å²) in [7, 11) is 0. The number of hydrogen-bond donors (Lipinski definition) is 2. The third kappa shape index (κ3) is 3.37. The highest BCUT2D eigenvalue weighted by Crippen LogP contribution is 2.40. The van der Waals surface area contributed by atoms with Crippen molar-refractivity contribution in [1.29, 1.82) is 0 Å². The molecule has 0 atom stereocenters. The molecule has 1 fully saturated rings. The molecule has 0 spiro atoms. The molecule has 0 bridgehead atoms. The molecule has 0 saturated heterocycles. The van der Waals surface area contributed by atoms with Crippen LogP contribution in [0.2, 0.25) is 0 Å². The molecule has 5 heteroatoms. The third-order valence-corrected chi connectivity index (χ3v) is 5.65. The third-order valence-electron chi connectivity index (χ3n) is 4.23. The molecule has 112 valence electrons. The first-order valence-corrected chi connectivity index (χ1v) is 8.75. The van der Waals surface area contributed by atoms with Crippen LogP contribution in [0.1, 0.15) is 50.4 Å². The van der Waals surface area contributed by atoms with E-state index in [-0.39, 0.29) is 0 Å². The highest BCUT2D eigenvalue weighted by Gasteiger charge is 2.32. The van der Waals surface area contributed by atoms with E-state index < -0.39 is 0 Å². The fraction of sp³-hybridized carbons (Fsp3) is 0.733. The van der Waals surface area contributed by atoms with Gasteiger partial charge in [0.25, 0.3) is 0 Å². The Kier molecular flexibility index (Phi) is 5.13. The van der Waals surface area contributed by atoms with Crippen molar-refractivity contribution >= 4 is 23.4 Å². The second-order valence-corrected chi connectivity index (χ2v) is 6.97. The average Bonchev–Trinajstić information content (AvgIpc) is 2.91. The maximum Gasteiger partial charge on any atom is 0.134 e. The second-order valence-electron chi connectivity index (χ2n) is 5.70. The lowest BCUT2D eigenvalue weighted by atomic mass is 10.1. The predicted octanol–water partition coefficient (Wildman–Crippen LogP) is 3.41. The van der Waals surface area contributed by atoms with Gasteiger partial charge in [0.1, 0.15) is 17.5 Å². The van der Waals surface area contributed by atoms with E-state index in [1.807, 2.05) is 18.7 Å². The summed E-state index contributed by atoms with van der Waals surface area (Å²) in [5.41, 5.74) is 6.98. The number of aromatic nitrogens is 2. The van der Waals surface area contributed by atoms with Gasteiger partial charge < -0.3 is 11.1 Å². The number of rotatable bonds is 6. The van der Waals surface area contributed by atoms with Crippen LogP contribution in [-0.4, -0.2) is 27.5 Å². The van der Waals surface area contributed by atoms with Gasteiger partial charge >= 0.3 is 0 Å². The summed E-state index contributed by atoms with van der Waals surface area (Å²) in [6, 6.07) is 0. The zero-order chi connectivity index (χ0) is 14.6. The molecule has 2 rings (SSSR count). The van der Waals surface area contributed by atoms with E-state index in [1.165, 1.54) is 25.7 Å². The van der Waals surface area contributed by atoms with Crippen molar-refractivity contribution in [1.82, 2.24) is 9.97 Å². The Morgan fingerprint density at radius 1 is 1.30 bits per heavy atom. The van der Waals surface area contributed by atoms with Crippen molar-refractivity contribution in [2.75, 3.05) is 23.9 Å². The molecule has 1 saturated carbocycles. The summed E-state index contributed by atoms with van der Waals surface area (Å²) in [6.45, 7) is 5.10. The van der Waals surface area contributed by atoms with Crippen LogP contribution in [0.15, 0.2) is 0 Å². The number of nitrogens with two attached hydrogens (primary N) is 1. The molecule has 0 aromatic carbocycles. The van der Waals surface area contributed by atoms with E-state index >= 15 is 0 Å². The van der Waals surface area contributed by atoms with Crippen molar-refractivity contribution in [3.05, 3.63) is 11.4 Å². The molecule has 1 aliphatic rings. The highest BCUT2D eigenvalue weighted by molar-refractivity contribution is 8.00. The molecule has 20 heavy (non-hydrogen) atoms. The van der Waals surface area contributed by atoms with Gasteiger partial charge in [-0.15, -0.1) is 0 Å². The lowest BCUT2D eigenvalue weighted by molar-refractivity contribution is 0.637. The highest BCUT2D eigenvalue weighted by atomic mass is 32.2. The quantitative estimate of drug-likeness (QED) is 0.842. The lowest BCUT2D eigenvalue weighted by Crippen LogP contribution is -2.30. The predicted molar refractivity (Wildman–Crippen MR) is 88.4 cm³/mol. The van der Waals surface area contributed by atoms with Crippen LogP contribution in [0.5, 0.6) is 0 Å². The Bertz CT molecular complexity index is 455. The number of thioether (sulfide) groups is 1. The molecule has 3 N–H and O–H groups in total. The summed E-state index contributed by atoms with van der Waals surface area (Å²) in [4.78, 5) is 9.00. The fourth-order valence-electron chi connectivity index (χ4n) is 2.81. The van der Waals surface area contributed by atoms with Gasteiger partial charge in [-0.05, 0) is 32.4 Å². The Hall–Kier alpha value is -0.970. The van der Waals surface area contributed by atoms with Gasteiger partial charge in [-0.1, -0.05) is 19.8 Å². The van der Waals surface area contributed by atoms with E-state index in [0.717, 1.165) is 36.6 Å². The minimum atomic E-state index is 0.372. The molecule has 1 aliphatic carbocycles. The number of nitrogen functional groups attached to an aromatic ring is 1. The number of nitrogens with zero attached hydrogens (tertiary/aromatic N) is 2. The number of aryl methyl sites for hydroxylation is 1. The van der Waals surface area contributed by atoms with E-state index in [1.54, 1.807) is 0 Å². The Balaban J connectivity index is 2.12. The number of anilines is 2. The smallest absolute Gasteiger partial charge is 0.134 e. The van der Waals surface area contributed by atoms with Gasteiger partial charge in [-0.3, -0.25) is 0 Å². The number of hydrogen-bond acceptors (Lipinski definition) is 5. The summed E-state index contributed by atoms with van der Waals surface area (Å²) in [6.07, 6.45) is 9.41. The maximum absolute atomic E-state index is 6.00. The zero-order valence-electron chi connectivity index (χ0n) is 12.8. The van der Waals surface area contributed by atoms with Crippen LogP contribution in [0.25, 0.3) is 0 Å². The van der Waals surface area contributed by atoms with Gasteiger partial charge in [0.05, 0.1) is 0 Å². The largest absolute Gasteiger partial charge is 0.383 e. The van der Waals surface area contributed by atoms with Crippen LogP contribution in [-0.2, 0) is 6.42 Å². The van der Waals surface area contributed by atoms with Crippen LogP contribution < -0.4 is 11.1 Å². The van der Waals surface area contributed by atoms with Crippen molar-refractivity contribution in [2.24, 2.45) is 0 Å². The SMILES string of the molecule is CCCc1nc(N)c(C)c(NCC2(SC)CCCC2)n1. The molecule has 4 nitrogen and oxygen atoms in total. The number of nitrogens with one attached hydrogen (secondary N) is 1. The normalized spacial score (nSPS) is 17.4. The summed E-state index contributed by atoms with van der Waals surface area (Å²) < 4.78 is 0.372. The first kappa shape index (κ1) is 15.4. The maximum atomic E-state index is 6.00. The van der Waals surface area contributed by atoms with Gasteiger partial charge in [0.15, 0.2) is 0 Å². The van der Waals surface area contributed by atoms with Gasteiger partial charge in [0, 0.05) is 23.3 Å². The topological polar surface area (TPSA) is 63.8 Å². The summed E-state index contributed by atoms with van der Waals surface area (Å²) >= 11 is 1.99. The zero-order valence-corrected chi connectivity index (χ0v) is 13.6. The molecule has 0 amide bonds. The Morgan fingerprint density at radius 2 is 2.00 bits per heavy atom. The van der Waals surface area contributed by atoms with Crippen molar-refractivity contribution < 1.29 is 0 Å². The first-order chi connectivity index (χ1) is 9.60. The van der Waals surface area contributed by atoms with E-state index in [4.69, 9.17) is 5.73 Å². The van der Waals surface area contributed by atoms with E-state index in [0.29, 0.717) is 10.6 Å². The first-order valence-electron chi connectivity index (χ1n) is 7.52. The fourth-order valence-corrected chi connectivity index (χ4v) is 3.72. The van der Waals surface area contributed by atoms with E-state index in [9.17, 15) is 0 Å². The van der Waals surface area contributed by atoms with Crippen molar-refractivity contribution in [2.45, 2.75) is 57.1 Å². The van der Waals surface area contributed by atoms with Gasteiger partial charge in [0.2, 0.25) is 0 Å². The molecule has 0 aliphatic heterocycles. The molecule has 0 unspecified atom stereocenters. The van der Waals surface area contributed by atoms with Crippen LogP contribution >= 0.6 is 11.8 Å². The molecular formula is C15H26N4S. The average molecular weight is 294 g/mol. The minimum Gasteiger partial charge on any atom is -0.383 e. The van der Waals surface area contributed by atoms with E-state index in [2.05, 4.69) is 28.5 Å². The molecule has 1 aromatic rings. The summed E-state index contributed by atoms with van der Waals surface area (Å²) in [5.74, 6) is 2.37. The van der Waals surface area contributed by atoms with Crippen LogP contribution in [0.4, 0.5) is 11.6 Å². The minimum absolute atomic E-state index is 0.372. The lowest BCUT2D eigenvalue weighted by Gasteiger charge is -2.27.